The van der Waals surface area contributed by atoms with Crippen LogP contribution in [0.3, 0.4) is 0 Å². The second-order valence-electron chi connectivity index (χ2n) is 7.05. The molecule has 1 aliphatic rings. The number of rotatable bonds is 4. The summed E-state index contributed by atoms with van der Waals surface area (Å²) < 4.78 is 13.3. The maximum Gasteiger partial charge on any atom is 0.160 e. The Balaban J connectivity index is 0.00000256. The van der Waals surface area contributed by atoms with Gasteiger partial charge >= 0.3 is 0 Å². The molecule has 0 atom stereocenters. The van der Waals surface area contributed by atoms with Gasteiger partial charge in [0.05, 0.1) is 15.7 Å². The Hall–Kier alpha value is -2.11. The van der Waals surface area contributed by atoms with Crippen LogP contribution in [0, 0.1) is 5.82 Å². The monoisotopic (exact) mass is 464 g/mol. The van der Waals surface area contributed by atoms with Crippen LogP contribution >= 0.6 is 35.6 Å². The van der Waals surface area contributed by atoms with Crippen molar-refractivity contribution < 1.29 is 9.50 Å². The molecule has 1 N–H and O–H groups in total. The third-order valence-corrected chi connectivity index (χ3v) is 5.57. The number of pyridine rings is 1. The third-order valence-electron chi connectivity index (χ3n) is 4.97. The fourth-order valence-electron chi connectivity index (χ4n) is 3.42. The fraction of sp³-hybridized carbons (Fsp3) is 0.174. The van der Waals surface area contributed by atoms with Gasteiger partial charge in [0.15, 0.2) is 5.75 Å². The number of benzene rings is 2. The lowest BCUT2D eigenvalue weighted by atomic mass is 10.1. The lowest BCUT2D eigenvalue weighted by Crippen LogP contribution is -2.28. The highest BCUT2D eigenvalue weighted by Crippen LogP contribution is 2.36. The number of halogens is 4. The van der Waals surface area contributed by atoms with E-state index in [1.54, 1.807) is 12.1 Å². The van der Waals surface area contributed by atoms with Gasteiger partial charge in [0.2, 0.25) is 0 Å². The van der Waals surface area contributed by atoms with Gasteiger partial charge in [0.25, 0.3) is 0 Å². The first kappa shape index (κ1) is 22.6. The standard InChI is InChI=1S/C23H19Cl2FN2O.ClH/c24-20-13-21(25)23(29)22-19(20)7-6-18(27-22)5-4-15-8-10-28(11-9-15)14-16-2-1-3-17(26)12-16;/h1-8,12-13,29H,9-11,14H2;1H/b5-4+;. The van der Waals surface area contributed by atoms with E-state index in [9.17, 15) is 9.50 Å². The predicted octanol–water partition coefficient (Wildman–Crippen LogP) is 6.65. The van der Waals surface area contributed by atoms with Crippen LogP contribution in [0.2, 0.25) is 10.0 Å². The summed E-state index contributed by atoms with van der Waals surface area (Å²) in [4.78, 5) is 6.76. The molecule has 30 heavy (non-hydrogen) atoms. The Morgan fingerprint density at radius 3 is 2.67 bits per heavy atom. The number of nitrogens with zero attached hydrogens (tertiary/aromatic N) is 2. The minimum absolute atomic E-state index is 0. The minimum atomic E-state index is -0.199. The first-order chi connectivity index (χ1) is 14.0. The van der Waals surface area contributed by atoms with E-state index in [1.807, 2.05) is 30.4 Å². The van der Waals surface area contributed by atoms with E-state index in [0.717, 1.165) is 31.6 Å². The molecule has 3 aromatic rings. The Bertz CT molecular complexity index is 1130. The maximum absolute atomic E-state index is 13.3. The highest BCUT2D eigenvalue weighted by Gasteiger charge is 2.12. The molecule has 0 radical (unpaired) electrons. The van der Waals surface area contributed by atoms with E-state index in [2.05, 4.69) is 16.0 Å². The van der Waals surface area contributed by atoms with Crippen LogP contribution in [0.5, 0.6) is 5.75 Å². The molecular formula is C23H20Cl3FN2O. The normalized spacial score (nSPS) is 14.7. The third kappa shape index (κ3) is 5.13. The fourth-order valence-corrected chi connectivity index (χ4v) is 3.93. The van der Waals surface area contributed by atoms with E-state index < -0.39 is 0 Å². The number of aromatic nitrogens is 1. The molecule has 0 spiro atoms. The van der Waals surface area contributed by atoms with Gasteiger partial charge in [0, 0.05) is 25.0 Å². The highest BCUT2D eigenvalue weighted by atomic mass is 35.5. The zero-order valence-electron chi connectivity index (χ0n) is 16.0. The van der Waals surface area contributed by atoms with Crippen molar-refractivity contribution in [2.75, 3.05) is 13.1 Å². The largest absolute Gasteiger partial charge is 0.504 e. The van der Waals surface area contributed by atoms with Crippen molar-refractivity contribution in [3.63, 3.8) is 0 Å². The lowest BCUT2D eigenvalue weighted by Gasteiger charge is -2.25. The average molecular weight is 466 g/mol. The molecule has 3 nitrogen and oxygen atoms in total. The maximum atomic E-state index is 13.3. The van der Waals surface area contributed by atoms with Crippen molar-refractivity contribution in [2.24, 2.45) is 0 Å². The van der Waals surface area contributed by atoms with Gasteiger partial charge in [-0.3, -0.25) is 4.90 Å². The SMILES string of the molecule is Cl.Oc1c(Cl)cc(Cl)c2ccc(/C=C/C3=CCN(Cc4cccc(F)c4)CC3)nc12. The van der Waals surface area contributed by atoms with Crippen LogP contribution in [0.25, 0.3) is 17.0 Å². The van der Waals surface area contributed by atoms with Crippen LogP contribution < -0.4 is 0 Å². The molecule has 2 heterocycles. The summed E-state index contributed by atoms with van der Waals surface area (Å²) in [6.07, 6.45) is 7.03. The van der Waals surface area contributed by atoms with Crippen LogP contribution in [-0.2, 0) is 6.54 Å². The van der Waals surface area contributed by atoms with Crippen molar-refractivity contribution in [3.05, 3.63) is 87.3 Å². The zero-order valence-corrected chi connectivity index (χ0v) is 18.3. The number of allylic oxidation sites excluding steroid dienone is 1. The number of phenols is 1. The summed E-state index contributed by atoms with van der Waals surface area (Å²) >= 11 is 12.2. The van der Waals surface area contributed by atoms with Crippen molar-refractivity contribution in [3.8, 4) is 5.75 Å². The molecule has 156 valence electrons. The molecule has 1 aliphatic heterocycles. The van der Waals surface area contributed by atoms with Crippen molar-refractivity contribution in [1.82, 2.24) is 9.88 Å². The molecule has 1 aromatic heterocycles. The van der Waals surface area contributed by atoms with Crippen LogP contribution in [0.1, 0.15) is 17.7 Å². The summed E-state index contributed by atoms with van der Waals surface area (Å²) in [5.41, 5.74) is 3.31. The van der Waals surface area contributed by atoms with E-state index in [-0.39, 0.29) is 29.0 Å². The molecule has 4 rings (SSSR count). The summed E-state index contributed by atoms with van der Waals surface area (Å²) in [5, 5.41) is 11.5. The Morgan fingerprint density at radius 1 is 1.10 bits per heavy atom. The van der Waals surface area contributed by atoms with Crippen molar-refractivity contribution in [1.29, 1.82) is 0 Å². The summed E-state index contributed by atoms with van der Waals surface area (Å²) in [6, 6.07) is 11.9. The molecule has 0 saturated heterocycles. The molecule has 7 heteroatoms. The molecule has 0 aliphatic carbocycles. The lowest BCUT2D eigenvalue weighted by molar-refractivity contribution is 0.287. The van der Waals surface area contributed by atoms with Gasteiger partial charge in [-0.1, -0.05) is 47.5 Å². The second-order valence-corrected chi connectivity index (χ2v) is 7.86. The zero-order chi connectivity index (χ0) is 20.4. The van der Waals surface area contributed by atoms with Crippen LogP contribution in [0.15, 0.2) is 60.2 Å². The highest BCUT2D eigenvalue weighted by molar-refractivity contribution is 6.39. The van der Waals surface area contributed by atoms with Gasteiger partial charge in [0.1, 0.15) is 11.3 Å². The van der Waals surface area contributed by atoms with Crippen molar-refractivity contribution >= 4 is 52.6 Å². The number of hydrogen-bond donors (Lipinski definition) is 1. The van der Waals surface area contributed by atoms with Gasteiger partial charge in [-0.2, -0.15) is 0 Å². The van der Waals surface area contributed by atoms with Crippen LogP contribution in [-0.4, -0.2) is 28.1 Å². The van der Waals surface area contributed by atoms with Crippen LogP contribution in [0.4, 0.5) is 4.39 Å². The Labute approximate surface area is 190 Å². The molecule has 0 bridgehead atoms. The number of fused-ring (bicyclic) bond motifs is 1. The first-order valence-electron chi connectivity index (χ1n) is 9.31. The van der Waals surface area contributed by atoms with E-state index >= 15 is 0 Å². The quantitative estimate of drug-likeness (QED) is 0.468. The number of hydrogen-bond acceptors (Lipinski definition) is 3. The molecule has 2 aromatic carbocycles. The van der Waals surface area contributed by atoms with E-state index in [1.165, 1.54) is 17.7 Å². The van der Waals surface area contributed by atoms with Crippen molar-refractivity contribution in [2.45, 2.75) is 13.0 Å². The first-order valence-corrected chi connectivity index (χ1v) is 10.1. The summed E-state index contributed by atoms with van der Waals surface area (Å²) in [7, 11) is 0. The smallest absolute Gasteiger partial charge is 0.160 e. The van der Waals surface area contributed by atoms with Gasteiger partial charge in [-0.05, 0) is 54.0 Å². The molecule has 0 saturated carbocycles. The van der Waals surface area contributed by atoms with Gasteiger partial charge in [-0.15, -0.1) is 12.4 Å². The van der Waals surface area contributed by atoms with Gasteiger partial charge in [-0.25, -0.2) is 9.37 Å². The Kier molecular flexibility index (Phi) is 7.37. The summed E-state index contributed by atoms with van der Waals surface area (Å²) in [6.45, 7) is 2.45. The van der Waals surface area contributed by atoms with Gasteiger partial charge < -0.3 is 5.11 Å². The Morgan fingerprint density at radius 2 is 1.93 bits per heavy atom. The summed E-state index contributed by atoms with van der Waals surface area (Å²) in [5.74, 6) is -0.263. The molecule has 0 unspecified atom stereocenters. The van der Waals surface area contributed by atoms with E-state index in [0.29, 0.717) is 21.6 Å². The molecule has 0 amide bonds. The number of phenolic OH excluding ortho intramolecular Hbond substituents is 1. The average Bonchev–Trinajstić information content (AvgIpc) is 2.71. The topological polar surface area (TPSA) is 36.4 Å². The van der Waals surface area contributed by atoms with E-state index in [4.69, 9.17) is 23.2 Å². The minimum Gasteiger partial charge on any atom is -0.504 e. The predicted molar refractivity (Wildman–Crippen MR) is 124 cm³/mol. The molecule has 0 fully saturated rings. The number of aromatic hydroxyl groups is 1. The second kappa shape index (κ2) is 9.80. The molecular weight excluding hydrogens is 446 g/mol.